The average Bonchev–Trinajstić information content (AvgIpc) is 3.21. The van der Waals surface area contributed by atoms with E-state index in [4.69, 9.17) is 16.3 Å². The molecule has 0 fully saturated rings. The van der Waals surface area contributed by atoms with Crippen LogP contribution in [0.4, 0.5) is 15.2 Å². The van der Waals surface area contributed by atoms with Gasteiger partial charge in [0.1, 0.15) is 5.82 Å². The van der Waals surface area contributed by atoms with Crippen LogP contribution in [-0.2, 0) is 16.0 Å². The Balaban J connectivity index is 1.85. The third kappa shape index (κ3) is 4.99. The molecular weight excluding hydrogens is 433 g/mol. The van der Waals surface area contributed by atoms with E-state index in [-0.39, 0.29) is 41.8 Å². The zero-order valence-corrected chi connectivity index (χ0v) is 17.5. The standard InChI is InChI=1S/C20H17ClFN3O4S/c1-29-10-9-24(19(26)11-15-16(21)3-2-4-17(15)22)20-23-18(12-30-20)13-5-7-14(8-6-13)25(27)28/h2-8,12H,9-11H2,1H3. The van der Waals surface area contributed by atoms with Crippen LogP contribution in [0.2, 0.25) is 5.02 Å². The second-order valence-electron chi connectivity index (χ2n) is 6.23. The number of nitrogens with zero attached hydrogens (tertiary/aromatic N) is 3. The summed E-state index contributed by atoms with van der Waals surface area (Å²) in [5.41, 5.74) is 1.36. The number of carbonyl (C=O) groups excluding carboxylic acids is 1. The topological polar surface area (TPSA) is 85.6 Å². The summed E-state index contributed by atoms with van der Waals surface area (Å²) in [6.45, 7) is 0.498. The Labute approximate surface area is 180 Å². The van der Waals surface area contributed by atoms with E-state index >= 15 is 0 Å². The van der Waals surface area contributed by atoms with Crippen LogP contribution in [0.15, 0.2) is 47.8 Å². The maximum Gasteiger partial charge on any atom is 0.269 e. The number of amides is 1. The summed E-state index contributed by atoms with van der Waals surface area (Å²) in [7, 11) is 1.51. The van der Waals surface area contributed by atoms with Crippen molar-refractivity contribution in [3.05, 3.63) is 74.4 Å². The number of benzene rings is 2. The molecule has 7 nitrogen and oxygen atoms in total. The molecule has 0 saturated heterocycles. The lowest BCUT2D eigenvalue weighted by atomic mass is 10.1. The molecule has 0 radical (unpaired) electrons. The Morgan fingerprint density at radius 3 is 2.67 bits per heavy atom. The first kappa shape index (κ1) is 21.8. The molecule has 10 heteroatoms. The molecule has 0 aliphatic rings. The van der Waals surface area contributed by atoms with Gasteiger partial charge in [-0.1, -0.05) is 17.7 Å². The van der Waals surface area contributed by atoms with Crippen LogP contribution in [0.3, 0.4) is 0 Å². The average molecular weight is 450 g/mol. The molecule has 3 rings (SSSR count). The fourth-order valence-corrected chi connectivity index (χ4v) is 3.84. The number of rotatable bonds is 8. The van der Waals surface area contributed by atoms with Crippen molar-refractivity contribution in [2.45, 2.75) is 6.42 Å². The van der Waals surface area contributed by atoms with Crippen LogP contribution in [0.5, 0.6) is 0 Å². The molecule has 1 heterocycles. The number of halogens is 2. The Morgan fingerprint density at radius 1 is 1.30 bits per heavy atom. The highest BCUT2D eigenvalue weighted by Crippen LogP contribution is 2.29. The molecule has 0 saturated carbocycles. The predicted octanol–water partition coefficient (Wildman–Crippen LogP) is 4.73. The number of carbonyl (C=O) groups is 1. The summed E-state index contributed by atoms with van der Waals surface area (Å²) in [4.78, 5) is 29.2. The van der Waals surface area contributed by atoms with E-state index in [2.05, 4.69) is 4.98 Å². The van der Waals surface area contributed by atoms with E-state index in [1.807, 2.05) is 0 Å². The van der Waals surface area contributed by atoms with E-state index in [0.717, 1.165) is 0 Å². The van der Waals surface area contributed by atoms with Crippen LogP contribution in [0.1, 0.15) is 5.56 Å². The number of hydrogen-bond acceptors (Lipinski definition) is 6. The van der Waals surface area contributed by atoms with Crippen molar-refractivity contribution in [3.63, 3.8) is 0 Å². The van der Waals surface area contributed by atoms with E-state index in [1.165, 1.54) is 53.7 Å². The first-order valence-corrected chi connectivity index (χ1v) is 10.1. The van der Waals surface area contributed by atoms with Crippen molar-refractivity contribution in [2.75, 3.05) is 25.2 Å². The van der Waals surface area contributed by atoms with Gasteiger partial charge < -0.3 is 4.74 Å². The molecule has 1 aromatic heterocycles. The smallest absolute Gasteiger partial charge is 0.269 e. The Morgan fingerprint density at radius 2 is 2.03 bits per heavy atom. The minimum Gasteiger partial charge on any atom is -0.383 e. The molecule has 0 unspecified atom stereocenters. The number of nitro groups is 1. The van der Waals surface area contributed by atoms with Crippen LogP contribution in [0.25, 0.3) is 11.3 Å². The van der Waals surface area contributed by atoms with Crippen LogP contribution >= 0.6 is 22.9 Å². The highest BCUT2D eigenvalue weighted by atomic mass is 35.5. The molecule has 0 bridgehead atoms. The molecule has 1 amide bonds. The number of anilines is 1. The third-order valence-electron chi connectivity index (χ3n) is 4.31. The van der Waals surface area contributed by atoms with Crippen LogP contribution < -0.4 is 4.90 Å². The zero-order valence-electron chi connectivity index (χ0n) is 15.9. The van der Waals surface area contributed by atoms with Gasteiger partial charge in [-0.05, 0) is 24.3 Å². The number of methoxy groups -OCH3 is 1. The first-order chi connectivity index (χ1) is 14.4. The Kier molecular flexibility index (Phi) is 7.09. The second kappa shape index (κ2) is 9.75. The fourth-order valence-electron chi connectivity index (χ4n) is 2.73. The summed E-state index contributed by atoms with van der Waals surface area (Å²) in [6.07, 6.45) is -0.221. The zero-order chi connectivity index (χ0) is 21.7. The van der Waals surface area contributed by atoms with Crippen molar-refractivity contribution < 1.29 is 18.8 Å². The predicted molar refractivity (Wildman–Crippen MR) is 114 cm³/mol. The maximum atomic E-state index is 14.1. The number of ether oxygens (including phenoxy) is 1. The summed E-state index contributed by atoms with van der Waals surface area (Å²) in [5, 5.41) is 13.2. The highest BCUT2D eigenvalue weighted by molar-refractivity contribution is 7.14. The minimum atomic E-state index is -0.548. The number of thiazole rings is 1. The largest absolute Gasteiger partial charge is 0.383 e. The maximum absolute atomic E-state index is 14.1. The van der Waals surface area contributed by atoms with Crippen molar-refractivity contribution in [2.24, 2.45) is 0 Å². The van der Waals surface area contributed by atoms with E-state index in [0.29, 0.717) is 16.4 Å². The Hall–Kier alpha value is -2.88. The number of nitro benzene ring substituents is 1. The summed E-state index contributed by atoms with van der Waals surface area (Å²) in [5.74, 6) is -0.920. The molecule has 0 atom stereocenters. The lowest BCUT2D eigenvalue weighted by Crippen LogP contribution is -2.35. The van der Waals surface area contributed by atoms with Crippen molar-refractivity contribution in [3.8, 4) is 11.3 Å². The monoisotopic (exact) mass is 449 g/mol. The van der Waals surface area contributed by atoms with Gasteiger partial charge in [-0.3, -0.25) is 19.8 Å². The molecule has 0 spiro atoms. The van der Waals surface area contributed by atoms with E-state index in [9.17, 15) is 19.3 Å². The molecule has 30 heavy (non-hydrogen) atoms. The molecule has 156 valence electrons. The quantitative estimate of drug-likeness (QED) is 0.366. The van der Waals surface area contributed by atoms with Crippen molar-refractivity contribution >= 4 is 39.7 Å². The van der Waals surface area contributed by atoms with Gasteiger partial charge in [-0.25, -0.2) is 9.37 Å². The van der Waals surface area contributed by atoms with Gasteiger partial charge in [0.2, 0.25) is 5.91 Å². The highest BCUT2D eigenvalue weighted by Gasteiger charge is 2.22. The molecular formula is C20H17ClFN3O4S. The van der Waals surface area contributed by atoms with E-state index in [1.54, 1.807) is 17.5 Å². The number of non-ortho nitro benzene ring substituents is 1. The summed E-state index contributed by atoms with van der Waals surface area (Å²) >= 11 is 7.29. The van der Waals surface area contributed by atoms with Gasteiger partial charge in [0.25, 0.3) is 5.69 Å². The normalized spacial score (nSPS) is 10.8. The van der Waals surface area contributed by atoms with Crippen LogP contribution in [0, 0.1) is 15.9 Å². The molecule has 2 aromatic carbocycles. The number of hydrogen-bond donors (Lipinski definition) is 0. The van der Waals surface area contributed by atoms with Gasteiger partial charge in [0.15, 0.2) is 5.13 Å². The second-order valence-corrected chi connectivity index (χ2v) is 7.48. The third-order valence-corrected chi connectivity index (χ3v) is 5.52. The number of aromatic nitrogens is 1. The molecule has 0 N–H and O–H groups in total. The van der Waals surface area contributed by atoms with Gasteiger partial charge in [-0.15, -0.1) is 11.3 Å². The lowest BCUT2D eigenvalue weighted by molar-refractivity contribution is -0.384. The SMILES string of the molecule is COCCN(C(=O)Cc1c(F)cccc1Cl)c1nc(-c2ccc([N+](=O)[O-])cc2)cs1. The van der Waals surface area contributed by atoms with E-state index < -0.39 is 10.7 Å². The minimum absolute atomic E-state index is 0.0205. The summed E-state index contributed by atoms with van der Waals surface area (Å²) in [6, 6.07) is 10.2. The van der Waals surface area contributed by atoms with Gasteiger partial charge in [0.05, 0.1) is 30.2 Å². The van der Waals surface area contributed by atoms with Gasteiger partial charge in [-0.2, -0.15) is 0 Å². The van der Waals surface area contributed by atoms with Crippen molar-refractivity contribution in [1.82, 2.24) is 4.98 Å². The molecule has 0 aliphatic carbocycles. The first-order valence-electron chi connectivity index (χ1n) is 8.83. The van der Waals surface area contributed by atoms with Crippen molar-refractivity contribution in [1.29, 1.82) is 0 Å². The fraction of sp³-hybridized carbons (Fsp3) is 0.200. The Bertz CT molecular complexity index is 1040. The molecule has 0 aliphatic heterocycles. The summed E-state index contributed by atoms with van der Waals surface area (Å²) < 4.78 is 19.2. The lowest BCUT2D eigenvalue weighted by Gasteiger charge is -2.20. The van der Waals surface area contributed by atoms with Crippen LogP contribution in [-0.4, -0.2) is 36.1 Å². The van der Waals surface area contributed by atoms with Gasteiger partial charge in [0, 0.05) is 40.8 Å². The molecule has 3 aromatic rings. The van der Waals surface area contributed by atoms with Gasteiger partial charge >= 0.3 is 0 Å².